The fourth-order valence-corrected chi connectivity index (χ4v) is 2.10. The predicted octanol–water partition coefficient (Wildman–Crippen LogP) is 2.86. The van der Waals surface area contributed by atoms with E-state index in [0.29, 0.717) is 19.5 Å². The molecule has 2 aromatic rings. The SMILES string of the molecule is CCN(Cc1ccc(N)cc1)C(=O)Cc1ccccc1. The smallest absolute Gasteiger partial charge is 0.227 e. The van der Waals surface area contributed by atoms with Crippen LogP contribution in [0.5, 0.6) is 0 Å². The van der Waals surface area contributed by atoms with Crippen LogP contribution in [0.1, 0.15) is 18.1 Å². The highest BCUT2D eigenvalue weighted by atomic mass is 16.2. The number of likely N-dealkylation sites (N-methyl/N-ethyl adjacent to an activating group) is 1. The fraction of sp³-hybridized carbons (Fsp3) is 0.235. The third-order valence-electron chi connectivity index (χ3n) is 3.29. The summed E-state index contributed by atoms with van der Waals surface area (Å²) in [4.78, 5) is 14.2. The van der Waals surface area contributed by atoms with Gasteiger partial charge in [-0.05, 0) is 30.2 Å². The molecule has 0 saturated carbocycles. The topological polar surface area (TPSA) is 46.3 Å². The summed E-state index contributed by atoms with van der Waals surface area (Å²) >= 11 is 0. The normalized spacial score (nSPS) is 10.2. The van der Waals surface area contributed by atoms with Crippen LogP contribution in [0, 0.1) is 0 Å². The minimum atomic E-state index is 0.149. The summed E-state index contributed by atoms with van der Waals surface area (Å²) in [5, 5.41) is 0. The molecule has 3 heteroatoms. The van der Waals surface area contributed by atoms with Gasteiger partial charge in [-0.3, -0.25) is 4.79 Å². The molecule has 0 aliphatic heterocycles. The Bertz CT molecular complexity index is 549. The van der Waals surface area contributed by atoms with Gasteiger partial charge < -0.3 is 10.6 Å². The zero-order chi connectivity index (χ0) is 14.4. The maximum absolute atomic E-state index is 12.3. The molecule has 0 aromatic heterocycles. The van der Waals surface area contributed by atoms with Crippen molar-refractivity contribution in [2.24, 2.45) is 0 Å². The van der Waals surface area contributed by atoms with Crippen molar-refractivity contribution in [3.63, 3.8) is 0 Å². The van der Waals surface area contributed by atoms with E-state index < -0.39 is 0 Å². The number of anilines is 1. The third kappa shape index (κ3) is 3.85. The average Bonchev–Trinajstić information content (AvgIpc) is 2.47. The first-order chi connectivity index (χ1) is 9.69. The largest absolute Gasteiger partial charge is 0.399 e. The molecule has 104 valence electrons. The second-order valence-electron chi connectivity index (χ2n) is 4.81. The van der Waals surface area contributed by atoms with Crippen LogP contribution >= 0.6 is 0 Å². The minimum absolute atomic E-state index is 0.149. The Hall–Kier alpha value is -2.29. The average molecular weight is 268 g/mol. The summed E-state index contributed by atoms with van der Waals surface area (Å²) in [5.74, 6) is 0.149. The molecule has 0 fully saturated rings. The second-order valence-corrected chi connectivity index (χ2v) is 4.81. The summed E-state index contributed by atoms with van der Waals surface area (Å²) in [7, 11) is 0. The number of carbonyl (C=O) groups excluding carboxylic acids is 1. The molecule has 1 amide bonds. The predicted molar refractivity (Wildman–Crippen MR) is 82.1 cm³/mol. The molecule has 0 atom stereocenters. The molecular weight excluding hydrogens is 248 g/mol. The lowest BCUT2D eigenvalue weighted by atomic mass is 10.1. The van der Waals surface area contributed by atoms with Crippen molar-refractivity contribution in [3.8, 4) is 0 Å². The van der Waals surface area contributed by atoms with Gasteiger partial charge >= 0.3 is 0 Å². The highest BCUT2D eigenvalue weighted by Crippen LogP contribution is 2.10. The monoisotopic (exact) mass is 268 g/mol. The lowest BCUT2D eigenvalue weighted by molar-refractivity contribution is -0.130. The first-order valence-electron chi connectivity index (χ1n) is 6.85. The van der Waals surface area contributed by atoms with Crippen LogP contribution in [-0.4, -0.2) is 17.4 Å². The Morgan fingerprint density at radius 3 is 2.25 bits per heavy atom. The number of hydrogen-bond donors (Lipinski definition) is 1. The van der Waals surface area contributed by atoms with Gasteiger partial charge in [0.1, 0.15) is 0 Å². The van der Waals surface area contributed by atoms with Gasteiger partial charge in [-0.25, -0.2) is 0 Å². The first-order valence-corrected chi connectivity index (χ1v) is 6.85. The van der Waals surface area contributed by atoms with E-state index in [0.717, 1.165) is 16.8 Å². The molecule has 0 unspecified atom stereocenters. The molecule has 0 spiro atoms. The molecule has 0 heterocycles. The van der Waals surface area contributed by atoms with Gasteiger partial charge in [0, 0.05) is 18.8 Å². The minimum Gasteiger partial charge on any atom is -0.399 e. The maximum atomic E-state index is 12.3. The Kier molecular flexibility index (Phi) is 4.77. The molecule has 0 aliphatic carbocycles. The highest BCUT2D eigenvalue weighted by molar-refractivity contribution is 5.78. The second kappa shape index (κ2) is 6.75. The van der Waals surface area contributed by atoms with Gasteiger partial charge in [-0.1, -0.05) is 42.5 Å². The first kappa shape index (κ1) is 14.1. The number of carbonyl (C=O) groups is 1. The standard InChI is InChI=1S/C17H20N2O/c1-2-19(13-15-8-10-16(18)11-9-15)17(20)12-14-6-4-3-5-7-14/h3-11H,2,12-13,18H2,1H3. The van der Waals surface area contributed by atoms with Gasteiger partial charge in [0.25, 0.3) is 0 Å². The van der Waals surface area contributed by atoms with E-state index in [9.17, 15) is 4.79 Å². The highest BCUT2D eigenvalue weighted by Gasteiger charge is 2.12. The number of benzene rings is 2. The molecule has 3 nitrogen and oxygen atoms in total. The van der Waals surface area contributed by atoms with Crippen LogP contribution in [0.2, 0.25) is 0 Å². The van der Waals surface area contributed by atoms with Gasteiger partial charge in [-0.2, -0.15) is 0 Å². The van der Waals surface area contributed by atoms with E-state index in [2.05, 4.69) is 0 Å². The number of hydrogen-bond acceptors (Lipinski definition) is 2. The van der Waals surface area contributed by atoms with E-state index in [1.807, 2.05) is 66.4 Å². The van der Waals surface area contributed by atoms with Gasteiger partial charge in [-0.15, -0.1) is 0 Å². The molecule has 0 bridgehead atoms. The van der Waals surface area contributed by atoms with Crippen molar-refractivity contribution >= 4 is 11.6 Å². The fourth-order valence-electron chi connectivity index (χ4n) is 2.10. The third-order valence-corrected chi connectivity index (χ3v) is 3.29. The van der Waals surface area contributed by atoms with Crippen LogP contribution in [0.15, 0.2) is 54.6 Å². The summed E-state index contributed by atoms with van der Waals surface area (Å²) < 4.78 is 0. The van der Waals surface area contributed by atoms with Crippen molar-refractivity contribution in [3.05, 3.63) is 65.7 Å². The van der Waals surface area contributed by atoms with Gasteiger partial charge in [0.15, 0.2) is 0 Å². The van der Waals surface area contributed by atoms with Crippen LogP contribution in [0.4, 0.5) is 5.69 Å². The number of nitrogen functional groups attached to an aromatic ring is 1. The molecule has 2 rings (SSSR count). The Balaban J connectivity index is 2.00. The van der Waals surface area contributed by atoms with E-state index in [-0.39, 0.29) is 5.91 Å². The van der Waals surface area contributed by atoms with E-state index >= 15 is 0 Å². The molecule has 0 aliphatic rings. The quantitative estimate of drug-likeness (QED) is 0.848. The summed E-state index contributed by atoms with van der Waals surface area (Å²) in [6.45, 7) is 3.33. The summed E-state index contributed by atoms with van der Waals surface area (Å²) in [6.07, 6.45) is 0.448. The molecule has 2 N–H and O–H groups in total. The number of rotatable bonds is 5. The molecule has 0 radical (unpaired) electrons. The summed E-state index contributed by atoms with van der Waals surface area (Å²) in [5.41, 5.74) is 8.56. The Morgan fingerprint density at radius 2 is 1.65 bits per heavy atom. The van der Waals surface area contributed by atoms with Crippen LogP contribution in [0.3, 0.4) is 0 Å². The van der Waals surface area contributed by atoms with E-state index in [1.165, 1.54) is 0 Å². The van der Waals surface area contributed by atoms with Crippen molar-refractivity contribution in [2.45, 2.75) is 19.9 Å². The van der Waals surface area contributed by atoms with Gasteiger partial charge in [0.2, 0.25) is 5.91 Å². The lowest BCUT2D eigenvalue weighted by Crippen LogP contribution is -2.31. The van der Waals surface area contributed by atoms with Crippen molar-refractivity contribution in [1.29, 1.82) is 0 Å². The van der Waals surface area contributed by atoms with Crippen LogP contribution in [0.25, 0.3) is 0 Å². The Morgan fingerprint density at radius 1 is 1.00 bits per heavy atom. The van der Waals surface area contributed by atoms with Gasteiger partial charge in [0.05, 0.1) is 6.42 Å². The molecule has 0 saturated heterocycles. The molecular formula is C17H20N2O. The summed E-state index contributed by atoms with van der Waals surface area (Å²) in [6, 6.07) is 17.5. The molecule has 20 heavy (non-hydrogen) atoms. The van der Waals surface area contributed by atoms with Crippen LogP contribution in [-0.2, 0) is 17.8 Å². The number of amides is 1. The zero-order valence-electron chi connectivity index (χ0n) is 11.8. The molecule has 2 aromatic carbocycles. The van der Waals surface area contributed by atoms with Crippen molar-refractivity contribution in [1.82, 2.24) is 4.90 Å². The van der Waals surface area contributed by atoms with E-state index in [1.54, 1.807) is 0 Å². The van der Waals surface area contributed by atoms with Crippen LogP contribution < -0.4 is 5.73 Å². The maximum Gasteiger partial charge on any atom is 0.227 e. The number of nitrogens with zero attached hydrogens (tertiary/aromatic N) is 1. The van der Waals surface area contributed by atoms with E-state index in [4.69, 9.17) is 5.73 Å². The number of nitrogens with two attached hydrogens (primary N) is 1. The lowest BCUT2D eigenvalue weighted by Gasteiger charge is -2.21. The van der Waals surface area contributed by atoms with Crippen molar-refractivity contribution in [2.75, 3.05) is 12.3 Å². The zero-order valence-corrected chi connectivity index (χ0v) is 11.8. The van der Waals surface area contributed by atoms with Crippen molar-refractivity contribution < 1.29 is 4.79 Å². The Labute approximate surface area is 120 Å².